The van der Waals surface area contributed by atoms with Gasteiger partial charge < -0.3 is 19.5 Å². The Hall–Kier alpha value is -2.69. The molecule has 0 saturated heterocycles. The van der Waals surface area contributed by atoms with Gasteiger partial charge in [-0.2, -0.15) is 0 Å². The number of carbonyl (C=O) groups excluding carboxylic acids is 1. The van der Waals surface area contributed by atoms with E-state index in [2.05, 4.69) is 17.4 Å². The number of nitrogens with one attached hydrogen (secondary N) is 1. The van der Waals surface area contributed by atoms with Crippen molar-refractivity contribution in [2.24, 2.45) is 0 Å². The number of hydrogen-bond acceptors (Lipinski definition) is 4. The van der Waals surface area contributed by atoms with Crippen LogP contribution in [0.25, 0.3) is 0 Å². The van der Waals surface area contributed by atoms with Gasteiger partial charge in [-0.05, 0) is 94.3 Å². The Balaban J connectivity index is 1.62. The lowest BCUT2D eigenvalue weighted by Crippen LogP contribution is -2.37. The second-order valence-electron chi connectivity index (χ2n) is 7.70. The summed E-state index contributed by atoms with van der Waals surface area (Å²) in [6.45, 7) is 8.74. The number of amides is 1. The van der Waals surface area contributed by atoms with Gasteiger partial charge in [0.2, 0.25) is 0 Å². The maximum Gasteiger partial charge on any atom is 0.261 e. The van der Waals surface area contributed by atoms with Crippen molar-refractivity contribution in [3.05, 3.63) is 53.1 Å². The number of benzene rings is 2. The smallest absolute Gasteiger partial charge is 0.261 e. The second-order valence-corrected chi connectivity index (χ2v) is 7.70. The Kier molecular flexibility index (Phi) is 7.61. The molecule has 5 nitrogen and oxygen atoms in total. The zero-order valence-electron chi connectivity index (χ0n) is 18.5. The van der Waals surface area contributed by atoms with Gasteiger partial charge in [0.1, 0.15) is 5.75 Å². The van der Waals surface area contributed by atoms with Crippen LogP contribution in [0, 0.1) is 0 Å². The standard InChI is InChI=1S/C25H33NO4/c1-5-28-23-14-12-20(16-24(23)29-6-2)17(3)26-25(27)18(4)30-22-13-11-19-9-7-8-10-21(19)15-22/h11-18H,5-10H2,1-4H3,(H,26,27)/t17-,18-/m1/s1. The Bertz CT molecular complexity index is 864. The lowest BCUT2D eigenvalue weighted by molar-refractivity contribution is -0.127. The van der Waals surface area contributed by atoms with Crippen LogP contribution < -0.4 is 19.5 Å². The van der Waals surface area contributed by atoms with E-state index in [1.807, 2.05) is 45.0 Å². The molecule has 30 heavy (non-hydrogen) atoms. The van der Waals surface area contributed by atoms with Gasteiger partial charge in [-0.3, -0.25) is 4.79 Å². The molecule has 0 bridgehead atoms. The monoisotopic (exact) mass is 411 g/mol. The summed E-state index contributed by atoms with van der Waals surface area (Å²) < 4.78 is 17.2. The van der Waals surface area contributed by atoms with Crippen LogP contribution >= 0.6 is 0 Å². The SMILES string of the molecule is CCOc1ccc([C@@H](C)NC(=O)[C@@H](C)Oc2ccc3c(c2)CCCC3)cc1OCC. The third-order valence-corrected chi connectivity index (χ3v) is 5.43. The van der Waals surface area contributed by atoms with Gasteiger partial charge in [-0.1, -0.05) is 12.1 Å². The molecule has 1 aliphatic carbocycles. The van der Waals surface area contributed by atoms with E-state index in [-0.39, 0.29) is 11.9 Å². The molecule has 0 saturated carbocycles. The predicted molar refractivity (Wildman–Crippen MR) is 119 cm³/mol. The number of fused-ring (bicyclic) bond motifs is 1. The van der Waals surface area contributed by atoms with Crippen molar-refractivity contribution in [3.63, 3.8) is 0 Å². The summed E-state index contributed by atoms with van der Waals surface area (Å²) in [6.07, 6.45) is 4.11. The molecular formula is C25H33NO4. The van der Waals surface area contributed by atoms with E-state index in [1.165, 1.54) is 24.0 Å². The number of ether oxygens (including phenoxy) is 3. The highest BCUT2D eigenvalue weighted by Gasteiger charge is 2.20. The molecule has 5 heteroatoms. The first-order valence-electron chi connectivity index (χ1n) is 11.0. The van der Waals surface area contributed by atoms with Gasteiger partial charge in [0.05, 0.1) is 19.3 Å². The molecule has 2 aromatic rings. The topological polar surface area (TPSA) is 56.8 Å². The molecule has 0 radical (unpaired) electrons. The number of aryl methyl sites for hydroxylation is 2. The first-order chi connectivity index (χ1) is 14.5. The van der Waals surface area contributed by atoms with E-state index < -0.39 is 6.10 Å². The average Bonchev–Trinajstić information content (AvgIpc) is 2.75. The lowest BCUT2D eigenvalue weighted by atomic mass is 9.92. The highest BCUT2D eigenvalue weighted by molar-refractivity contribution is 5.81. The number of rotatable bonds is 9. The van der Waals surface area contributed by atoms with E-state index in [1.54, 1.807) is 6.92 Å². The van der Waals surface area contributed by atoms with E-state index in [0.717, 1.165) is 24.2 Å². The maximum absolute atomic E-state index is 12.7. The van der Waals surface area contributed by atoms with Crippen molar-refractivity contribution in [1.29, 1.82) is 0 Å². The highest BCUT2D eigenvalue weighted by Crippen LogP contribution is 2.31. The Morgan fingerprint density at radius 3 is 2.37 bits per heavy atom. The summed E-state index contributed by atoms with van der Waals surface area (Å²) in [6, 6.07) is 11.8. The molecule has 0 aromatic heterocycles. The molecule has 2 atom stereocenters. The van der Waals surface area contributed by atoms with Crippen LogP contribution in [0.4, 0.5) is 0 Å². The van der Waals surface area contributed by atoms with Crippen LogP contribution in [0.3, 0.4) is 0 Å². The number of hydrogen-bond donors (Lipinski definition) is 1. The van der Waals surface area contributed by atoms with Crippen LogP contribution in [-0.2, 0) is 17.6 Å². The fourth-order valence-electron chi connectivity index (χ4n) is 3.79. The van der Waals surface area contributed by atoms with E-state index in [4.69, 9.17) is 14.2 Å². The molecule has 0 fully saturated rings. The van der Waals surface area contributed by atoms with Crippen LogP contribution in [-0.4, -0.2) is 25.2 Å². The summed E-state index contributed by atoms with van der Waals surface area (Å²) >= 11 is 0. The minimum absolute atomic E-state index is 0.146. The highest BCUT2D eigenvalue weighted by atomic mass is 16.5. The molecule has 162 valence electrons. The fraction of sp³-hybridized carbons (Fsp3) is 0.480. The van der Waals surface area contributed by atoms with Crippen molar-refractivity contribution < 1.29 is 19.0 Å². The molecule has 1 amide bonds. The minimum Gasteiger partial charge on any atom is -0.490 e. The van der Waals surface area contributed by atoms with Crippen molar-refractivity contribution in [3.8, 4) is 17.2 Å². The summed E-state index contributed by atoms with van der Waals surface area (Å²) in [5.74, 6) is 2.01. The zero-order valence-corrected chi connectivity index (χ0v) is 18.5. The van der Waals surface area contributed by atoms with E-state index in [9.17, 15) is 4.79 Å². The summed E-state index contributed by atoms with van der Waals surface area (Å²) in [7, 11) is 0. The maximum atomic E-state index is 12.7. The molecule has 0 aliphatic heterocycles. The Morgan fingerprint density at radius 2 is 1.63 bits per heavy atom. The Morgan fingerprint density at radius 1 is 0.933 bits per heavy atom. The molecule has 0 spiro atoms. The first-order valence-corrected chi connectivity index (χ1v) is 11.0. The summed E-state index contributed by atoms with van der Waals surface area (Å²) in [4.78, 5) is 12.7. The van der Waals surface area contributed by atoms with Gasteiger partial charge in [0, 0.05) is 0 Å². The molecular weight excluding hydrogens is 378 g/mol. The van der Waals surface area contributed by atoms with Crippen molar-refractivity contribution in [2.45, 2.75) is 65.5 Å². The average molecular weight is 412 g/mol. The molecule has 1 aliphatic rings. The molecule has 2 aromatic carbocycles. The van der Waals surface area contributed by atoms with Crippen LogP contribution in [0.1, 0.15) is 63.3 Å². The lowest BCUT2D eigenvalue weighted by Gasteiger charge is -2.21. The van der Waals surface area contributed by atoms with E-state index >= 15 is 0 Å². The molecule has 3 rings (SSSR count). The van der Waals surface area contributed by atoms with Crippen LogP contribution in [0.2, 0.25) is 0 Å². The first kappa shape index (κ1) is 22.0. The molecule has 0 unspecified atom stereocenters. The van der Waals surface area contributed by atoms with Gasteiger partial charge in [-0.15, -0.1) is 0 Å². The zero-order chi connectivity index (χ0) is 21.5. The van der Waals surface area contributed by atoms with Crippen LogP contribution in [0.15, 0.2) is 36.4 Å². The minimum atomic E-state index is -0.580. The quantitative estimate of drug-likeness (QED) is 0.630. The van der Waals surface area contributed by atoms with Gasteiger partial charge in [0.15, 0.2) is 17.6 Å². The summed E-state index contributed by atoms with van der Waals surface area (Å²) in [5, 5.41) is 3.04. The van der Waals surface area contributed by atoms with Crippen molar-refractivity contribution in [2.75, 3.05) is 13.2 Å². The van der Waals surface area contributed by atoms with E-state index in [0.29, 0.717) is 24.7 Å². The summed E-state index contributed by atoms with van der Waals surface area (Å²) in [5.41, 5.74) is 3.70. The second kappa shape index (κ2) is 10.4. The van der Waals surface area contributed by atoms with Gasteiger partial charge in [-0.25, -0.2) is 0 Å². The van der Waals surface area contributed by atoms with Gasteiger partial charge >= 0.3 is 0 Å². The molecule has 1 N–H and O–H groups in total. The molecule has 0 heterocycles. The normalized spacial score (nSPS) is 14.9. The van der Waals surface area contributed by atoms with Crippen molar-refractivity contribution in [1.82, 2.24) is 5.32 Å². The van der Waals surface area contributed by atoms with Gasteiger partial charge in [0.25, 0.3) is 5.91 Å². The third-order valence-electron chi connectivity index (χ3n) is 5.43. The van der Waals surface area contributed by atoms with Crippen LogP contribution in [0.5, 0.6) is 17.2 Å². The Labute approximate surface area is 179 Å². The number of carbonyl (C=O) groups is 1. The van der Waals surface area contributed by atoms with Crippen molar-refractivity contribution >= 4 is 5.91 Å². The third kappa shape index (κ3) is 5.47. The fourth-order valence-corrected chi connectivity index (χ4v) is 3.79. The largest absolute Gasteiger partial charge is 0.490 e. The predicted octanol–water partition coefficient (Wildman–Crippen LogP) is 5.01.